The van der Waals surface area contributed by atoms with E-state index in [2.05, 4.69) is 17.2 Å². The average Bonchev–Trinajstić information content (AvgIpc) is 2.42. The summed E-state index contributed by atoms with van der Waals surface area (Å²) in [5.74, 6) is 0.485. The monoisotopic (exact) mass is 291 g/mol. The predicted octanol–water partition coefficient (Wildman–Crippen LogP) is 1.18. The molecular formula is C16H25N3O2. The van der Waals surface area contributed by atoms with E-state index in [0.29, 0.717) is 12.5 Å². The highest BCUT2D eigenvalue weighted by atomic mass is 16.3. The van der Waals surface area contributed by atoms with Crippen molar-refractivity contribution in [3.8, 4) is 0 Å². The Morgan fingerprint density at radius 3 is 2.71 bits per heavy atom. The zero-order chi connectivity index (χ0) is 15.2. The third-order valence-corrected chi connectivity index (χ3v) is 4.12. The number of amides is 1. The maximum Gasteiger partial charge on any atom is 0.234 e. The van der Waals surface area contributed by atoms with Gasteiger partial charge in [-0.25, -0.2) is 0 Å². The van der Waals surface area contributed by atoms with Crippen LogP contribution in [0.15, 0.2) is 24.5 Å². The molecule has 1 saturated carbocycles. The molecule has 1 amide bonds. The highest BCUT2D eigenvalue weighted by molar-refractivity contribution is 5.78. The Morgan fingerprint density at radius 2 is 2.14 bits per heavy atom. The number of pyridine rings is 1. The lowest BCUT2D eigenvalue weighted by atomic mass is 9.76. The first-order valence-corrected chi connectivity index (χ1v) is 7.63. The number of carbonyl (C=O) groups is 1. The van der Waals surface area contributed by atoms with Gasteiger partial charge >= 0.3 is 0 Å². The van der Waals surface area contributed by atoms with Crippen LogP contribution in [-0.2, 0) is 11.3 Å². The molecule has 1 fully saturated rings. The number of nitrogens with zero attached hydrogens (tertiary/aromatic N) is 2. The minimum atomic E-state index is -0.171. The van der Waals surface area contributed by atoms with Gasteiger partial charge in [0.2, 0.25) is 5.91 Å². The Morgan fingerprint density at radius 1 is 1.48 bits per heavy atom. The molecule has 1 aromatic rings. The van der Waals surface area contributed by atoms with Gasteiger partial charge in [0.25, 0.3) is 0 Å². The largest absolute Gasteiger partial charge is 0.393 e. The van der Waals surface area contributed by atoms with E-state index >= 15 is 0 Å². The Hall–Kier alpha value is -1.46. The van der Waals surface area contributed by atoms with Gasteiger partial charge < -0.3 is 10.4 Å². The molecule has 0 saturated heterocycles. The molecule has 5 nitrogen and oxygen atoms in total. The summed E-state index contributed by atoms with van der Waals surface area (Å²) in [5.41, 5.74) is 1.15. The second kappa shape index (κ2) is 7.52. The van der Waals surface area contributed by atoms with E-state index in [0.717, 1.165) is 31.4 Å². The van der Waals surface area contributed by atoms with E-state index in [1.54, 1.807) is 12.4 Å². The Kier molecular flexibility index (Phi) is 5.70. The van der Waals surface area contributed by atoms with Crippen molar-refractivity contribution in [1.82, 2.24) is 15.2 Å². The standard InChI is InChI=1S/C16H25N3O2/c1-3-15(13-8-14(20)9-13)18-16(21)11-19(2)10-12-4-6-17-7-5-12/h4-7,13-15,20H,3,8-11H2,1-2H3,(H,18,21)/t13?,14?,15-/m1/s1. The number of likely N-dealkylation sites (N-methyl/N-ethyl adjacent to an activating group) is 1. The lowest BCUT2D eigenvalue weighted by Gasteiger charge is -2.37. The first kappa shape index (κ1) is 15.9. The number of aliphatic hydroxyl groups excluding tert-OH is 1. The normalized spacial score (nSPS) is 22.7. The maximum absolute atomic E-state index is 12.1. The number of rotatable bonds is 7. The highest BCUT2D eigenvalue weighted by Crippen LogP contribution is 2.31. The van der Waals surface area contributed by atoms with Crippen molar-refractivity contribution in [3.05, 3.63) is 30.1 Å². The molecule has 0 spiro atoms. The molecule has 21 heavy (non-hydrogen) atoms. The molecule has 1 heterocycles. The fourth-order valence-electron chi connectivity index (χ4n) is 2.87. The number of aromatic nitrogens is 1. The van der Waals surface area contributed by atoms with Crippen LogP contribution in [0, 0.1) is 5.92 Å². The summed E-state index contributed by atoms with van der Waals surface area (Å²) in [4.78, 5) is 18.1. The third kappa shape index (κ3) is 4.79. The maximum atomic E-state index is 12.1. The second-order valence-electron chi connectivity index (χ2n) is 6.00. The van der Waals surface area contributed by atoms with Crippen LogP contribution < -0.4 is 5.32 Å². The molecule has 1 aliphatic rings. The van der Waals surface area contributed by atoms with Crippen LogP contribution in [0.5, 0.6) is 0 Å². The van der Waals surface area contributed by atoms with Gasteiger partial charge in [0.05, 0.1) is 12.6 Å². The van der Waals surface area contributed by atoms with E-state index in [4.69, 9.17) is 0 Å². The van der Waals surface area contributed by atoms with E-state index in [1.165, 1.54) is 0 Å². The van der Waals surface area contributed by atoms with Crippen LogP contribution in [0.1, 0.15) is 31.7 Å². The SMILES string of the molecule is CC[C@@H](NC(=O)CN(C)Cc1ccncc1)C1CC(O)C1. The zero-order valence-electron chi connectivity index (χ0n) is 12.8. The number of nitrogens with one attached hydrogen (secondary N) is 1. The molecule has 5 heteroatoms. The zero-order valence-corrected chi connectivity index (χ0v) is 12.8. The topological polar surface area (TPSA) is 65.5 Å². The van der Waals surface area contributed by atoms with Crippen LogP contribution in [0.2, 0.25) is 0 Å². The number of aliphatic hydroxyl groups is 1. The van der Waals surface area contributed by atoms with Crippen molar-refractivity contribution in [3.63, 3.8) is 0 Å². The molecule has 0 radical (unpaired) electrons. The number of carbonyl (C=O) groups excluding carboxylic acids is 1. The first-order chi connectivity index (χ1) is 10.1. The molecule has 2 rings (SSSR count). The quantitative estimate of drug-likeness (QED) is 0.792. The van der Waals surface area contributed by atoms with Gasteiger partial charge in [0.15, 0.2) is 0 Å². The van der Waals surface area contributed by atoms with Crippen molar-refractivity contribution >= 4 is 5.91 Å². The summed E-state index contributed by atoms with van der Waals surface area (Å²) in [7, 11) is 1.94. The molecule has 116 valence electrons. The van der Waals surface area contributed by atoms with Crippen LogP contribution in [0.3, 0.4) is 0 Å². The van der Waals surface area contributed by atoms with Crippen LogP contribution in [0.4, 0.5) is 0 Å². The number of hydrogen-bond acceptors (Lipinski definition) is 4. The van der Waals surface area contributed by atoms with Crippen LogP contribution in [0.25, 0.3) is 0 Å². The van der Waals surface area contributed by atoms with Crippen molar-refractivity contribution in [2.75, 3.05) is 13.6 Å². The van der Waals surface area contributed by atoms with Gasteiger partial charge in [-0.1, -0.05) is 6.92 Å². The Bertz CT molecular complexity index is 446. The summed E-state index contributed by atoms with van der Waals surface area (Å²) in [6, 6.07) is 4.10. The summed E-state index contributed by atoms with van der Waals surface area (Å²) in [6.45, 7) is 3.19. The van der Waals surface area contributed by atoms with Gasteiger partial charge in [0.1, 0.15) is 0 Å². The summed E-state index contributed by atoms with van der Waals surface area (Å²) in [5, 5.41) is 12.5. The van der Waals surface area contributed by atoms with Crippen molar-refractivity contribution in [2.24, 2.45) is 5.92 Å². The van der Waals surface area contributed by atoms with Crippen LogP contribution >= 0.6 is 0 Å². The minimum Gasteiger partial charge on any atom is -0.393 e. The smallest absolute Gasteiger partial charge is 0.234 e. The average molecular weight is 291 g/mol. The fourth-order valence-corrected chi connectivity index (χ4v) is 2.87. The van der Waals surface area contributed by atoms with Gasteiger partial charge in [0, 0.05) is 25.0 Å². The minimum absolute atomic E-state index is 0.0554. The Labute approximate surface area is 126 Å². The fraction of sp³-hybridized carbons (Fsp3) is 0.625. The molecule has 1 aliphatic carbocycles. The molecular weight excluding hydrogens is 266 g/mol. The molecule has 0 unspecified atom stereocenters. The molecule has 1 atom stereocenters. The molecule has 0 aromatic carbocycles. The van der Waals surface area contributed by atoms with Crippen molar-refractivity contribution < 1.29 is 9.90 Å². The lowest BCUT2D eigenvalue weighted by molar-refractivity contribution is -0.124. The first-order valence-electron chi connectivity index (χ1n) is 7.63. The van der Waals surface area contributed by atoms with Crippen molar-refractivity contribution in [1.29, 1.82) is 0 Å². The predicted molar refractivity (Wildman–Crippen MR) is 81.5 cm³/mol. The third-order valence-electron chi connectivity index (χ3n) is 4.12. The van der Waals surface area contributed by atoms with E-state index < -0.39 is 0 Å². The van der Waals surface area contributed by atoms with Crippen molar-refractivity contribution in [2.45, 2.75) is 44.9 Å². The van der Waals surface area contributed by atoms with E-state index in [1.807, 2.05) is 24.1 Å². The number of hydrogen-bond donors (Lipinski definition) is 2. The molecule has 0 aliphatic heterocycles. The van der Waals surface area contributed by atoms with Gasteiger partial charge in [-0.3, -0.25) is 14.7 Å². The van der Waals surface area contributed by atoms with E-state index in [9.17, 15) is 9.90 Å². The van der Waals surface area contributed by atoms with E-state index in [-0.39, 0.29) is 18.1 Å². The Balaban J connectivity index is 1.75. The second-order valence-corrected chi connectivity index (χ2v) is 6.00. The molecule has 1 aromatic heterocycles. The highest BCUT2D eigenvalue weighted by Gasteiger charge is 2.33. The van der Waals surface area contributed by atoms with Gasteiger partial charge in [-0.15, -0.1) is 0 Å². The van der Waals surface area contributed by atoms with Crippen LogP contribution in [-0.4, -0.2) is 46.6 Å². The van der Waals surface area contributed by atoms with Gasteiger partial charge in [-0.05, 0) is 49.9 Å². The summed E-state index contributed by atoms with van der Waals surface area (Å²) >= 11 is 0. The summed E-state index contributed by atoms with van der Waals surface area (Å²) in [6.07, 6.45) is 5.89. The molecule has 2 N–H and O–H groups in total. The lowest BCUT2D eigenvalue weighted by Crippen LogP contribution is -2.48. The summed E-state index contributed by atoms with van der Waals surface area (Å²) < 4.78 is 0. The molecule has 0 bridgehead atoms. The van der Waals surface area contributed by atoms with Gasteiger partial charge in [-0.2, -0.15) is 0 Å².